The summed E-state index contributed by atoms with van der Waals surface area (Å²) in [4.78, 5) is 11.9. The first-order chi connectivity index (χ1) is 15.5. The molecule has 0 aliphatic carbocycles. The van der Waals surface area contributed by atoms with Gasteiger partial charge < -0.3 is 9.67 Å². The van der Waals surface area contributed by atoms with E-state index in [1.165, 1.54) is 18.2 Å². The molecule has 0 aliphatic heterocycles. The van der Waals surface area contributed by atoms with E-state index in [1.54, 1.807) is 32.0 Å². The Morgan fingerprint density at radius 2 is 1.53 bits per heavy atom. The summed E-state index contributed by atoms with van der Waals surface area (Å²) in [6, 6.07) is 12.6. The molecule has 0 spiro atoms. The van der Waals surface area contributed by atoms with Gasteiger partial charge in [0.1, 0.15) is 11.9 Å². The molecule has 4 rings (SSSR count). The minimum atomic E-state index is -4.98. The van der Waals surface area contributed by atoms with Crippen molar-refractivity contribution < 1.29 is 47.4 Å². The van der Waals surface area contributed by atoms with E-state index in [9.17, 15) is 26.3 Å². The summed E-state index contributed by atoms with van der Waals surface area (Å²) in [5.74, 6) is -3.83. The summed E-state index contributed by atoms with van der Waals surface area (Å²) in [7, 11) is 0. The van der Waals surface area contributed by atoms with Gasteiger partial charge in [-0.25, -0.2) is 18.3 Å². The van der Waals surface area contributed by atoms with Crippen LogP contribution in [0.2, 0.25) is 0 Å². The summed E-state index contributed by atoms with van der Waals surface area (Å²) in [6.45, 7) is 3.48. The molecular formula is C22H13F6N5Pt. The number of rotatable bonds is 4. The second-order valence-electron chi connectivity index (χ2n) is 7.49. The monoisotopic (exact) mass is 656 g/mol. The topological polar surface area (TPSA) is 56.5 Å². The molecule has 0 saturated heterocycles. The summed E-state index contributed by atoms with van der Waals surface area (Å²) in [5, 5.41) is 3.22. The van der Waals surface area contributed by atoms with Crippen LogP contribution in [0.3, 0.4) is 0 Å². The Morgan fingerprint density at radius 1 is 0.882 bits per heavy atom. The smallest absolute Gasteiger partial charge is 0.340 e. The Kier molecular flexibility index (Phi) is 6.98. The van der Waals surface area contributed by atoms with Gasteiger partial charge in [-0.2, -0.15) is 13.2 Å². The predicted octanol–water partition coefficient (Wildman–Crippen LogP) is 5.08. The molecule has 0 bridgehead atoms. The molecule has 4 heterocycles. The Bertz CT molecular complexity index is 1340. The van der Waals surface area contributed by atoms with Gasteiger partial charge in [-0.05, 0) is 37.9 Å². The molecule has 0 aliphatic rings. The number of aromatic nitrogens is 5. The number of hydrogen-bond donors (Lipinski definition) is 0. The fourth-order valence-electron chi connectivity index (χ4n) is 3.10. The summed E-state index contributed by atoms with van der Waals surface area (Å²) < 4.78 is 80.1. The van der Waals surface area contributed by atoms with Gasteiger partial charge in [0.15, 0.2) is 0 Å². The van der Waals surface area contributed by atoms with E-state index in [-0.39, 0.29) is 38.1 Å². The second-order valence-corrected chi connectivity index (χ2v) is 7.49. The predicted molar refractivity (Wildman–Crippen MR) is 104 cm³/mol. The molecule has 0 radical (unpaired) electrons. The van der Waals surface area contributed by atoms with Gasteiger partial charge in [-0.3, -0.25) is 9.97 Å². The van der Waals surface area contributed by atoms with Gasteiger partial charge in [0.2, 0.25) is 0 Å². The molecular weight excluding hydrogens is 643 g/mol. The van der Waals surface area contributed by atoms with E-state index in [0.29, 0.717) is 16.1 Å². The van der Waals surface area contributed by atoms with Crippen molar-refractivity contribution in [3.8, 4) is 17.1 Å². The Morgan fingerprint density at radius 3 is 2.15 bits per heavy atom. The van der Waals surface area contributed by atoms with E-state index < -0.39 is 35.0 Å². The Hall–Kier alpha value is -3.07. The van der Waals surface area contributed by atoms with Crippen LogP contribution in [0, 0.1) is 30.0 Å². The van der Waals surface area contributed by atoms with Gasteiger partial charge in [0.05, 0.1) is 17.3 Å². The maximum Gasteiger partial charge on any atom is 2.00 e. The molecule has 34 heavy (non-hydrogen) atoms. The van der Waals surface area contributed by atoms with E-state index in [2.05, 4.69) is 26.1 Å². The van der Waals surface area contributed by atoms with Gasteiger partial charge in [-0.15, -0.1) is 6.07 Å². The fraction of sp³-hybridized carbons (Fsp3) is 0.182. The van der Waals surface area contributed by atoms with Crippen LogP contribution in [0.4, 0.5) is 26.3 Å². The molecule has 4 aromatic rings. The molecule has 0 aromatic carbocycles. The van der Waals surface area contributed by atoms with Crippen LogP contribution in [-0.2, 0) is 32.7 Å². The molecule has 0 fully saturated rings. The zero-order valence-corrected chi connectivity index (χ0v) is 19.6. The van der Waals surface area contributed by atoms with Crippen molar-refractivity contribution in [3.63, 3.8) is 0 Å². The standard InChI is InChI=1S/C22H13F6N5.Pt/c1-21(2,15-6-3-5-14(29-15)12-9-10-17(24)31-20(12)25)16-7-4-8-18(30-16)33-11-13(23)19(32-33)22(26,27)28;/h3-8,10H,1-2H3;/q-2;+2. The fourth-order valence-corrected chi connectivity index (χ4v) is 3.10. The number of hydrogen-bond acceptors (Lipinski definition) is 4. The third kappa shape index (κ3) is 4.89. The van der Waals surface area contributed by atoms with Gasteiger partial charge in [0.25, 0.3) is 0 Å². The minimum Gasteiger partial charge on any atom is -0.340 e. The van der Waals surface area contributed by atoms with Crippen LogP contribution in [0.1, 0.15) is 30.9 Å². The molecule has 0 saturated carbocycles. The number of nitrogens with zero attached hydrogens (tertiary/aromatic N) is 5. The van der Waals surface area contributed by atoms with Crippen molar-refractivity contribution in [1.82, 2.24) is 24.7 Å². The first-order valence-corrected chi connectivity index (χ1v) is 9.41. The van der Waals surface area contributed by atoms with E-state index in [1.807, 2.05) is 6.20 Å². The van der Waals surface area contributed by atoms with Gasteiger partial charge in [-0.1, -0.05) is 35.9 Å². The number of halogens is 6. The van der Waals surface area contributed by atoms with E-state index in [0.717, 1.165) is 6.07 Å². The molecule has 5 nitrogen and oxygen atoms in total. The average molecular weight is 656 g/mol. The first kappa shape index (κ1) is 25.5. The molecule has 0 atom stereocenters. The van der Waals surface area contributed by atoms with Crippen molar-refractivity contribution in [3.05, 3.63) is 89.5 Å². The van der Waals surface area contributed by atoms with Crippen molar-refractivity contribution >= 4 is 0 Å². The summed E-state index contributed by atoms with van der Waals surface area (Å²) in [5.41, 5.74) is -1.81. The quantitative estimate of drug-likeness (QED) is 0.175. The van der Waals surface area contributed by atoms with Crippen LogP contribution in [0.5, 0.6) is 0 Å². The SMILES string of the molecule is CC(C)(c1cccc(-c2[c-]cc(F)nc2F)n1)c1cccc(-n2[c-]c(F)c(C(F)(F)F)n2)n1.[Pt+2]. The average Bonchev–Trinajstić information content (AvgIpc) is 3.16. The maximum absolute atomic E-state index is 14.1. The van der Waals surface area contributed by atoms with Crippen LogP contribution in [0.15, 0.2) is 42.5 Å². The largest absolute Gasteiger partial charge is 2.00 e. The summed E-state index contributed by atoms with van der Waals surface area (Å²) >= 11 is 0. The first-order valence-electron chi connectivity index (χ1n) is 9.41. The third-order valence-electron chi connectivity index (χ3n) is 4.86. The molecule has 4 aromatic heterocycles. The van der Waals surface area contributed by atoms with Crippen molar-refractivity contribution in [2.75, 3.05) is 0 Å². The number of alkyl halides is 3. The van der Waals surface area contributed by atoms with Crippen molar-refractivity contribution in [2.24, 2.45) is 0 Å². The summed E-state index contributed by atoms with van der Waals surface area (Å²) in [6.07, 6.45) is -3.09. The van der Waals surface area contributed by atoms with Gasteiger partial charge >= 0.3 is 27.2 Å². The third-order valence-corrected chi connectivity index (χ3v) is 4.86. The van der Waals surface area contributed by atoms with E-state index in [4.69, 9.17) is 0 Å². The molecule has 178 valence electrons. The van der Waals surface area contributed by atoms with Crippen LogP contribution < -0.4 is 0 Å². The van der Waals surface area contributed by atoms with Crippen LogP contribution in [-0.4, -0.2) is 24.7 Å². The molecule has 0 N–H and O–H groups in total. The zero-order chi connectivity index (χ0) is 24.0. The van der Waals surface area contributed by atoms with Gasteiger partial charge in [0, 0.05) is 16.8 Å². The second kappa shape index (κ2) is 9.29. The Balaban J connectivity index is 0.00000324. The van der Waals surface area contributed by atoms with Crippen LogP contribution in [0.25, 0.3) is 17.1 Å². The molecule has 12 heteroatoms. The number of pyridine rings is 3. The molecule has 0 amide bonds. The normalized spacial score (nSPS) is 11.9. The zero-order valence-electron chi connectivity index (χ0n) is 17.4. The maximum atomic E-state index is 14.1. The van der Waals surface area contributed by atoms with Crippen LogP contribution >= 0.6 is 0 Å². The van der Waals surface area contributed by atoms with E-state index >= 15 is 0 Å². The Labute approximate surface area is 204 Å². The van der Waals surface area contributed by atoms with Crippen molar-refractivity contribution in [1.29, 1.82) is 0 Å². The van der Waals surface area contributed by atoms with Crippen molar-refractivity contribution in [2.45, 2.75) is 25.4 Å². The minimum absolute atomic E-state index is 0. The molecule has 0 unspecified atom stereocenters.